The molecule has 3 heterocycles. The summed E-state index contributed by atoms with van der Waals surface area (Å²) in [4.78, 5) is 25.7. The number of hydrogen-bond donors (Lipinski definition) is 1. The molecule has 2 fully saturated rings. The number of carbonyl (C=O) groups excluding carboxylic acids is 1. The molecular weight excluding hydrogens is 360 g/mol. The molecule has 26 heavy (non-hydrogen) atoms. The highest BCUT2D eigenvalue weighted by Crippen LogP contribution is 2.29. The lowest BCUT2D eigenvalue weighted by Crippen LogP contribution is -2.48. The van der Waals surface area contributed by atoms with Crippen molar-refractivity contribution in [2.24, 2.45) is 5.92 Å². The average molecular weight is 384 g/mol. The van der Waals surface area contributed by atoms with Crippen LogP contribution in [-0.2, 0) is 14.8 Å². The summed E-state index contributed by atoms with van der Waals surface area (Å²) in [6.45, 7) is 3.63. The third-order valence-electron chi connectivity index (χ3n) is 5.06. The van der Waals surface area contributed by atoms with E-state index in [1.54, 1.807) is 4.90 Å². The van der Waals surface area contributed by atoms with Gasteiger partial charge in [-0.3, -0.25) is 4.79 Å². The van der Waals surface area contributed by atoms with Gasteiger partial charge in [0, 0.05) is 19.6 Å². The number of aromatic carboxylic acids is 1. The maximum Gasteiger partial charge on any atom is 0.371 e. The molecule has 9 heteroatoms. The van der Waals surface area contributed by atoms with Crippen LogP contribution in [0.25, 0.3) is 0 Å². The minimum atomic E-state index is -4.05. The number of furan rings is 1. The van der Waals surface area contributed by atoms with Crippen LogP contribution in [0.3, 0.4) is 0 Å². The van der Waals surface area contributed by atoms with Gasteiger partial charge in [0.15, 0.2) is 0 Å². The second-order valence-electron chi connectivity index (χ2n) is 7.08. The van der Waals surface area contributed by atoms with E-state index in [0.717, 1.165) is 35.7 Å². The Bertz CT molecular complexity index is 787. The smallest absolute Gasteiger partial charge is 0.371 e. The van der Waals surface area contributed by atoms with Gasteiger partial charge in [0.2, 0.25) is 16.8 Å². The van der Waals surface area contributed by atoms with Crippen molar-refractivity contribution in [2.75, 3.05) is 19.6 Å². The first-order valence-electron chi connectivity index (χ1n) is 8.94. The largest absolute Gasteiger partial charge is 0.475 e. The molecule has 3 rings (SSSR count). The molecule has 0 bridgehead atoms. The first-order valence-corrected chi connectivity index (χ1v) is 10.4. The van der Waals surface area contributed by atoms with Crippen LogP contribution in [-0.4, -0.2) is 60.3 Å². The molecule has 1 amide bonds. The van der Waals surface area contributed by atoms with E-state index in [9.17, 15) is 18.0 Å². The van der Waals surface area contributed by atoms with Gasteiger partial charge in [-0.15, -0.1) is 0 Å². The number of carboxylic acids is 1. The minimum Gasteiger partial charge on any atom is -0.475 e. The molecule has 0 saturated carbocycles. The lowest BCUT2D eigenvalue weighted by molar-refractivity contribution is -0.135. The monoisotopic (exact) mass is 384 g/mol. The zero-order chi connectivity index (χ0) is 18.9. The number of rotatable bonds is 4. The minimum absolute atomic E-state index is 0.162. The van der Waals surface area contributed by atoms with E-state index in [0.29, 0.717) is 31.8 Å². The van der Waals surface area contributed by atoms with Crippen LogP contribution in [0.1, 0.15) is 49.6 Å². The Labute approximate surface area is 152 Å². The molecule has 8 nitrogen and oxygen atoms in total. The van der Waals surface area contributed by atoms with Crippen molar-refractivity contribution in [3.05, 3.63) is 17.9 Å². The summed E-state index contributed by atoms with van der Waals surface area (Å²) in [5.41, 5.74) is 0. The molecule has 2 saturated heterocycles. The fraction of sp³-hybridized carbons (Fsp3) is 0.647. The molecule has 0 radical (unpaired) electrons. The molecule has 2 aliphatic heterocycles. The summed E-state index contributed by atoms with van der Waals surface area (Å²) in [7, 11) is -4.05. The Morgan fingerprint density at radius 2 is 1.92 bits per heavy atom. The zero-order valence-corrected chi connectivity index (χ0v) is 15.6. The van der Waals surface area contributed by atoms with E-state index < -0.39 is 32.9 Å². The molecule has 1 aromatic rings. The van der Waals surface area contributed by atoms with E-state index in [1.807, 2.05) is 0 Å². The molecule has 0 aromatic carbocycles. The standard InChI is InChI=1S/C17H24N2O6S/c1-12-5-2-3-9-18(11-12)16(20)13-6-4-10-19(13)26(23,24)15-8-7-14(25-15)17(21)22/h7-8,12-13H,2-6,9-11H2,1H3,(H,21,22). The van der Waals surface area contributed by atoms with Crippen molar-refractivity contribution >= 4 is 21.9 Å². The summed E-state index contributed by atoms with van der Waals surface area (Å²) in [5, 5.41) is 8.50. The lowest BCUT2D eigenvalue weighted by Gasteiger charge is -2.29. The molecule has 2 unspecified atom stereocenters. The molecule has 0 aliphatic carbocycles. The third-order valence-corrected chi connectivity index (χ3v) is 6.84. The summed E-state index contributed by atoms with van der Waals surface area (Å²) in [6.07, 6.45) is 4.12. The Hall–Kier alpha value is -1.87. The predicted octanol–water partition coefficient (Wildman–Crippen LogP) is 1.78. The highest BCUT2D eigenvalue weighted by atomic mass is 32.2. The van der Waals surface area contributed by atoms with E-state index in [-0.39, 0.29) is 12.5 Å². The van der Waals surface area contributed by atoms with Crippen LogP contribution in [0.4, 0.5) is 0 Å². The van der Waals surface area contributed by atoms with Gasteiger partial charge < -0.3 is 14.4 Å². The number of amides is 1. The van der Waals surface area contributed by atoms with Gasteiger partial charge in [0.25, 0.3) is 10.0 Å². The first kappa shape index (κ1) is 18.9. The van der Waals surface area contributed by atoms with Gasteiger partial charge in [0.05, 0.1) is 0 Å². The van der Waals surface area contributed by atoms with Gasteiger partial charge in [-0.25, -0.2) is 13.2 Å². The molecule has 2 aliphatic rings. The lowest BCUT2D eigenvalue weighted by atomic mass is 10.1. The molecule has 1 N–H and O–H groups in total. The number of nitrogens with zero attached hydrogens (tertiary/aromatic N) is 2. The first-order chi connectivity index (χ1) is 12.3. The van der Waals surface area contributed by atoms with Crippen LogP contribution in [0, 0.1) is 5.92 Å². The van der Waals surface area contributed by atoms with E-state index in [4.69, 9.17) is 9.52 Å². The summed E-state index contributed by atoms with van der Waals surface area (Å²) < 4.78 is 31.9. The number of carbonyl (C=O) groups is 2. The molecule has 1 aromatic heterocycles. The predicted molar refractivity (Wildman–Crippen MR) is 92.2 cm³/mol. The zero-order valence-electron chi connectivity index (χ0n) is 14.8. The summed E-state index contributed by atoms with van der Waals surface area (Å²) >= 11 is 0. The SMILES string of the molecule is CC1CCCCN(C(=O)C2CCCN2S(=O)(=O)c2ccc(C(=O)O)o2)C1. The van der Waals surface area contributed by atoms with E-state index in [2.05, 4.69) is 6.92 Å². The molecule has 0 spiro atoms. The van der Waals surface area contributed by atoms with Gasteiger partial charge in [-0.2, -0.15) is 4.31 Å². The van der Waals surface area contributed by atoms with Crippen LogP contribution >= 0.6 is 0 Å². The van der Waals surface area contributed by atoms with Gasteiger partial charge >= 0.3 is 5.97 Å². The van der Waals surface area contributed by atoms with Crippen molar-refractivity contribution in [3.63, 3.8) is 0 Å². The van der Waals surface area contributed by atoms with Gasteiger partial charge in [-0.05, 0) is 43.7 Å². The fourth-order valence-electron chi connectivity index (χ4n) is 3.73. The van der Waals surface area contributed by atoms with Crippen molar-refractivity contribution in [3.8, 4) is 0 Å². The quantitative estimate of drug-likeness (QED) is 0.848. The Morgan fingerprint density at radius 1 is 1.15 bits per heavy atom. The van der Waals surface area contributed by atoms with Crippen LogP contribution < -0.4 is 0 Å². The Morgan fingerprint density at radius 3 is 2.62 bits per heavy atom. The fourth-order valence-corrected chi connectivity index (χ4v) is 5.30. The van der Waals surface area contributed by atoms with Gasteiger partial charge in [-0.1, -0.05) is 13.3 Å². The van der Waals surface area contributed by atoms with Crippen molar-refractivity contribution in [1.29, 1.82) is 0 Å². The van der Waals surface area contributed by atoms with E-state index in [1.165, 1.54) is 0 Å². The Kier molecular flexibility index (Phi) is 5.38. The van der Waals surface area contributed by atoms with Crippen molar-refractivity contribution in [2.45, 2.75) is 50.2 Å². The van der Waals surface area contributed by atoms with Gasteiger partial charge in [0.1, 0.15) is 6.04 Å². The van der Waals surface area contributed by atoms with E-state index >= 15 is 0 Å². The number of hydrogen-bond acceptors (Lipinski definition) is 5. The second-order valence-corrected chi connectivity index (χ2v) is 8.90. The maximum absolute atomic E-state index is 13.0. The second kappa shape index (κ2) is 7.40. The number of likely N-dealkylation sites (tertiary alicyclic amines) is 1. The number of sulfonamides is 1. The molecule has 144 valence electrons. The van der Waals surface area contributed by atoms with Crippen molar-refractivity contribution in [1.82, 2.24) is 9.21 Å². The maximum atomic E-state index is 13.0. The van der Waals surface area contributed by atoms with Crippen LogP contribution in [0.5, 0.6) is 0 Å². The van der Waals surface area contributed by atoms with Crippen LogP contribution in [0.15, 0.2) is 21.6 Å². The number of carboxylic acid groups (broad SMARTS) is 1. The highest BCUT2D eigenvalue weighted by Gasteiger charge is 2.42. The normalized spacial score (nSPS) is 25.2. The molecular formula is C17H24N2O6S. The topological polar surface area (TPSA) is 108 Å². The Balaban J connectivity index is 1.82. The molecule has 2 atom stereocenters. The average Bonchev–Trinajstić information content (AvgIpc) is 3.22. The summed E-state index contributed by atoms with van der Waals surface area (Å²) in [6, 6.07) is 1.49. The highest BCUT2D eigenvalue weighted by molar-refractivity contribution is 7.89. The third kappa shape index (κ3) is 3.64. The van der Waals surface area contributed by atoms with Crippen LogP contribution in [0.2, 0.25) is 0 Å². The summed E-state index contributed by atoms with van der Waals surface area (Å²) in [5.74, 6) is -1.54. The van der Waals surface area contributed by atoms with Crippen molar-refractivity contribution < 1.29 is 27.5 Å².